The van der Waals surface area contributed by atoms with Gasteiger partial charge in [0.05, 0.1) is 12.3 Å². The first-order chi connectivity index (χ1) is 12.1. The first kappa shape index (κ1) is 17.2. The average Bonchev–Trinajstić information content (AvgIpc) is 2.96. The van der Waals surface area contributed by atoms with E-state index in [-0.39, 0.29) is 0 Å². The fraction of sp³-hybridized carbons (Fsp3) is 0.200. The summed E-state index contributed by atoms with van der Waals surface area (Å²) in [4.78, 5) is 33.1. The van der Waals surface area contributed by atoms with E-state index in [0.717, 1.165) is 0 Å². The maximum absolute atomic E-state index is 11.9. The molecule has 3 rings (SSSR count). The zero-order chi connectivity index (χ0) is 17.8. The van der Waals surface area contributed by atoms with Gasteiger partial charge in [0.15, 0.2) is 11.0 Å². The van der Waals surface area contributed by atoms with Crippen LogP contribution in [0.15, 0.2) is 24.7 Å². The van der Waals surface area contributed by atoms with E-state index >= 15 is 0 Å². The number of nitrogens with zero attached hydrogens (tertiary/aromatic N) is 5. The Morgan fingerprint density at radius 1 is 1.32 bits per heavy atom. The minimum Gasteiger partial charge on any atom is -0.462 e. The molecule has 0 aromatic carbocycles. The first-order valence-electron chi connectivity index (χ1n) is 7.29. The van der Waals surface area contributed by atoms with Gasteiger partial charge in [0.1, 0.15) is 16.4 Å². The molecule has 3 heterocycles. The number of rotatable bonds is 5. The Kier molecular flexibility index (Phi) is 5.15. The SMILES string of the molecule is CCOC(=O)c1sc(Nc2ncnc(-c3ccnc(Cl)c3)n2)nc1C. The molecular formula is C15H13ClN6O2S. The maximum atomic E-state index is 11.9. The van der Waals surface area contributed by atoms with Gasteiger partial charge in [-0.15, -0.1) is 0 Å². The molecule has 3 aromatic rings. The Labute approximate surface area is 152 Å². The quantitative estimate of drug-likeness (QED) is 0.534. The molecule has 1 N–H and O–H groups in total. The van der Waals surface area contributed by atoms with Crippen molar-refractivity contribution in [3.8, 4) is 11.4 Å². The van der Waals surface area contributed by atoms with Crippen molar-refractivity contribution in [2.75, 3.05) is 11.9 Å². The molecule has 0 saturated heterocycles. The Morgan fingerprint density at radius 3 is 2.92 bits per heavy atom. The summed E-state index contributed by atoms with van der Waals surface area (Å²) in [6.07, 6.45) is 2.95. The van der Waals surface area contributed by atoms with Crippen molar-refractivity contribution in [3.63, 3.8) is 0 Å². The number of ether oxygens (including phenoxy) is 1. The maximum Gasteiger partial charge on any atom is 0.350 e. The molecule has 10 heteroatoms. The van der Waals surface area contributed by atoms with Crippen LogP contribution in [0.5, 0.6) is 0 Å². The number of hydrogen-bond acceptors (Lipinski definition) is 9. The van der Waals surface area contributed by atoms with Gasteiger partial charge in [-0.25, -0.2) is 24.7 Å². The van der Waals surface area contributed by atoms with Crippen molar-refractivity contribution in [3.05, 3.63) is 40.4 Å². The lowest BCUT2D eigenvalue weighted by Crippen LogP contribution is -2.03. The van der Waals surface area contributed by atoms with Crippen molar-refractivity contribution in [2.45, 2.75) is 13.8 Å². The van der Waals surface area contributed by atoms with Crippen LogP contribution in [0.3, 0.4) is 0 Å². The van der Waals surface area contributed by atoms with E-state index in [9.17, 15) is 4.79 Å². The molecule has 0 fully saturated rings. The normalized spacial score (nSPS) is 10.5. The second-order valence-electron chi connectivity index (χ2n) is 4.78. The van der Waals surface area contributed by atoms with E-state index in [0.29, 0.717) is 44.8 Å². The molecule has 0 unspecified atom stereocenters. The van der Waals surface area contributed by atoms with Gasteiger partial charge < -0.3 is 4.74 Å². The topological polar surface area (TPSA) is 103 Å². The Morgan fingerprint density at radius 2 is 2.16 bits per heavy atom. The Hall–Kier alpha value is -2.65. The van der Waals surface area contributed by atoms with Crippen molar-refractivity contribution in [2.24, 2.45) is 0 Å². The van der Waals surface area contributed by atoms with Gasteiger partial charge in [-0.1, -0.05) is 22.9 Å². The van der Waals surface area contributed by atoms with Crippen LogP contribution in [-0.2, 0) is 4.74 Å². The highest BCUT2D eigenvalue weighted by molar-refractivity contribution is 7.17. The number of carbonyl (C=O) groups is 1. The number of esters is 1. The minimum absolute atomic E-state index is 0.307. The van der Waals surface area contributed by atoms with Crippen molar-refractivity contribution in [1.82, 2.24) is 24.9 Å². The molecule has 3 aromatic heterocycles. The van der Waals surface area contributed by atoms with Gasteiger partial charge in [-0.2, -0.15) is 4.98 Å². The van der Waals surface area contributed by atoms with Crippen molar-refractivity contribution in [1.29, 1.82) is 0 Å². The van der Waals surface area contributed by atoms with E-state index in [1.54, 1.807) is 32.2 Å². The van der Waals surface area contributed by atoms with Gasteiger partial charge in [0.2, 0.25) is 5.95 Å². The van der Waals surface area contributed by atoms with Crippen LogP contribution < -0.4 is 5.32 Å². The van der Waals surface area contributed by atoms with Gasteiger partial charge in [0, 0.05) is 11.8 Å². The first-order valence-corrected chi connectivity index (χ1v) is 8.48. The van der Waals surface area contributed by atoms with Crippen molar-refractivity contribution < 1.29 is 9.53 Å². The third-order valence-corrected chi connectivity index (χ3v) is 4.29. The monoisotopic (exact) mass is 376 g/mol. The molecule has 0 radical (unpaired) electrons. The summed E-state index contributed by atoms with van der Waals surface area (Å²) in [6.45, 7) is 3.81. The zero-order valence-electron chi connectivity index (χ0n) is 13.4. The predicted molar refractivity (Wildman–Crippen MR) is 94.2 cm³/mol. The van der Waals surface area contributed by atoms with Gasteiger partial charge in [0.25, 0.3) is 0 Å². The van der Waals surface area contributed by atoms with E-state index in [1.807, 2.05) is 0 Å². The number of halogens is 1. The fourth-order valence-corrected chi connectivity index (χ4v) is 3.00. The fourth-order valence-electron chi connectivity index (χ4n) is 1.97. The highest BCUT2D eigenvalue weighted by Gasteiger charge is 2.17. The Balaban J connectivity index is 1.83. The minimum atomic E-state index is -0.395. The van der Waals surface area contributed by atoms with Crippen LogP contribution >= 0.6 is 22.9 Å². The zero-order valence-corrected chi connectivity index (χ0v) is 14.9. The van der Waals surface area contributed by atoms with Crippen LogP contribution in [0.1, 0.15) is 22.3 Å². The van der Waals surface area contributed by atoms with Gasteiger partial charge in [-0.3, -0.25) is 5.32 Å². The number of carbonyl (C=O) groups excluding carboxylic acids is 1. The third kappa shape index (κ3) is 4.06. The number of hydrogen-bond donors (Lipinski definition) is 1. The Bertz CT molecular complexity index is 917. The lowest BCUT2D eigenvalue weighted by atomic mass is 10.2. The predicted octanol–water partition coefficient (Wildman–Crippen LogP) is 3.27. The summed E-state index contributed by atoms with van der Waals surface area (Å²) < 4.78 is 5.00. The molecule has 0 atom stereocenters. The molecule has 0 aliphatic carbocycles. The summed E-state index contributed by atoms with van der Waals surface area (Å²) >= 11 is 7.07. The number of aryl methyl sites for hydroxylation is 1. The van der Waals surface area contributed by atoms with Crippen LogP contribution in [0.4, 0.5) is 11.1 Å². The molecule has 0 spiro atoms. The van der Waals surface area contributed by atoms with Crippen LogP contribution in [-0.4, -0.2) is 37.5 Å². The molecule has 0 bridgehead atoms. The van der Waals surface area contributed by atoms with Gasteiger partial charge in [-0.05, 0) is 26.0 Å². The molecule has 0 amide bonds. The molecule has 25 heavy (non-hydrogen) atoms. The molecule has 8 nitrogen and oxygen atoms in total. The highest BCUT2D eigenvalue weighted by Crippen LogP contribution is 2.26. The number of aromatic nitrogens is 5. The van der Waals surface area contributed by atoms with E-state index in [4.69, 9.17) is 16.3 Å². The summed E-state index contributed by atoms with van der Waals surface area (Å²) in [6, 6.07) is 3.41. The summed E-state index contributed by atoms with van der Waals surface area (Å²) in [7, 11) is 0. The largest absolute Gasteiger partial charge is 0.462 e. The third-order valence-electron chi connectivity index (χ3n) is 3.03. The van der Waals surface area contributed by atoms with Crippen LogP contribution in [0.2, 0.25) is 5.15 Å². The van der Waals surface area contributed by atoms with E-state index < -0.39 is 5.97 Å². The van der Waals surface area contributed by atoms with Gasteiger partial charge >= 0.3 is 5.97 Å². The molecular weight excluding hydrogens is 364 g/mol. The number of pyridine rings is 1. The molecule has 128 valence electrons. The lowest BCUT2D eigenvalue weighted by molar-refractivity contribution is 0.0531. The van der Waals surface area contributed by atoms with Crippen LogP contribution in [0.25, 0.3) is 11.4 Å². The van der Waals surface area contributed by atoms with E-state index in [1.165, 1.54) is 17.7 Å². The van der Waals surface area contributed by atoms with Crippen molar-refractivity contribution >= 4 is 40.0 Å². The molecule has 0 aliphatic heterocycles. The number of thiazole rings is 1. The lowest BCUT2D eigenvalue weighted by Gasteiger charge is -2.03. The highest BCUT2D eigenvalue weighted by atomic mass is 35.5. The second kappa shape index (κ2) is 7.49. The smallest absolute Gasteiger partial charge is 0.350 e. The second-order valence-corrected chi connectivity index (χ2v) is 6.17. The molecule has 0 saturated carbocycles. The summed E-state index contributed by atoms with van der Waals surface area (Å²) in [5.41, 5.74) is 1.30. The van der Waals surface area contributed by atoms with E-state index in [2.05, 4.69) is 30.2 Å². The number of anilines is 2. The van der Waals surface area contributed by atoms with Crippen LogP contribution in [0, 0.1) is 6.92 Å². The standard InChI is InChI=1S/C15H13ClN6O2S/c1-3-24-13(23)11-8(2)20-15(25-11)22-14-19-7-18-12(21-14)9-4-5-17-10(16)6-9/h4-7H,3H2,1-2H3,(H,18,19,20,21,22). The number of nitrogens with one attached hydrogen (secondary N) is 1. The molecule has 0 aliphatic rings. The summed E-state index contributed by atoms with van der Waals surface area (Å²) in [5, 5.41) is 3.82. The average molecular weight is 377 g/mol. The summed E-state index contributed by atoms with van der Waals surface area (Å²) in [5.74, 6) is 0.358.